The molecule has 0 unspecified atom stereocenters. The Bertz CT molecular complexity index is 1050. The van der Waals surface area contributed by atoms with Crippen molar-refractivity contribution in [3.63, 3.8) is 0 Å². The van der Waals surface area contributed by atoms with E-state index >= 15 is 0 Å². The molecule has 0 saturated carbocycles. The highest BCUT2D eigenvalue weighted by atomic mass is 32.2. The van der Waals surface area contributed by atoms with Crippen molar-refractivity contribution in [2.24, 2.45) is 0 Å². The number of anilines is 1. The van der Waals surface area contributed by atoms with E-state index in [2.05, 4.69) is 9.88 Å². The first kappa shape index (κ1) is 22.2. The van der Waals surface area contributed by atoms with Crippen molar-refractivity contribution in [1.29, 1.82) is 0 Å². The zero-order valence-corrected chi connectivity index (χ0v) is 19.0. The molecule has 0 radical (unpaired) electrons. The number of carbonyl (C=O) groups excluding carboxylic acids is 1. The number of thioether (sulfide) groups is 1. The first-order valence-corrected chi connectivity index (χ1v) is 11.7. The Hall–Kier alpha value is -3.00. The van der Waals surface area contributed by atoms with E-state index in [0.29, 0.717) is 30.5 Å². The van der Waals surface area contributed by atoms with Gasteiger partial charge in [0.2, 0.25) is 11.8 Å². The van der Waals surface area contributed by atoms with Crippen molar-refractivity contribution in [2.75, 3.05) is 43.9 Å². The lowest BCUT2D eigenvalue weighted by atomic mass is 10.2. The zero-order valence-electron chi connectivity index (χ0n) is 18.2. The summed E-state index contributed by atoms with van der Waals surface area (Å²) in [5.74, 6) is 3.04. The van der Waals surface area contributed by atoms with E-state index in [-0.39, 0.29) is 11.7 Å². The first-order chi connectivity index (χ1) is 15.5. The van der Waals surface area contributed by atoms with Crippen LogP contribution in [0.15, 0.2) is 52.9 Å². The molecule has 2 heterocycles. The summed E-state index contributed by atoms with van der Waals surface area (Å²) in [6, 6.07) is 14.1. The second-order valence-corrected chi connectivity index (χ2v) is 8.57. The van der Waals surface area contributed by atoms with Crippen molar-refractivity contribution in [3.8, 4) is 17.2 Å². The number of piperazine rings is 1. The van der Waals surface area contributed by atoms with Crippen molar-refractivity contribution in [1.82, 2.24) is 9.88 Å². The van der Waals surface area contributed by atoms with E-state index < -0.39 is 0 Å². The minimum Gasteiger partial charge on any atom is -0.497 e. The summed E-state index contributed by atoms with van der Waals surface area (Å²) in [6.07, 6.45) is 0. The van der Waals surface area contributed by atoms with Crippen LogP contribution in [0.5, 0.6) is 5.75 Å². The van der Waals surface area contributed by atoms with Crippen molar-refractivity contribution >= 4 is 23.4 Å². The zero-order chi connectivity index (χ0) is 22.5. The smallest absolute Gasteiger partial charge is 0.232 e. The summed E-state index contributed by atoms with van der Waals surface area (Å²) in [6.45, 7) is 4.72. The van der Waals surface area contributed by atoms with Gasteiger partial charge in [-0.15, -0.1) is 11.8 Å². The topological polar surface area (TPSA) is 58.8 Å². The highest BCUT2D eigenvalue weighted by molar-refractivity contribution is 7.99. The van der Waals surface area contributed by atoms with Gasteiger partial charge < -0.3 is 19.0 Å². The third-order valence-corrected chi connectivity index (χ3v) is 6.45. The summed E-state index contributed by atoms with van der Waals surface area (Å²) in [4.78, 5) is 21.3. The largest absolute Gasteiger partial charge is 0.497 e. The number of halogens is 1. The van der Waals surface area contributed by atoms with Gasteiger partial charge in [0.25, 0.3) is 0 Å². The molecular weight excluding hydrogens is 429 g/mol. The second kappa shape index (κ2) is 10.1. The van der Waals surface area contributed by atoms with Crippen molar-refractivity contribution < 1.29 is 18.3 Å². The van der Waals surface area contributed by atoms with Gasteiger partial charge in [-0.2, -0.15) is 0 Å². The molecule has 32 heavy (non-hydrogen) atoms. The van der Waals surface area contributed by atoms with Gasteiger partial charge in [0.15, 0.2) is 0 Å². The predicted molar refractivity (Wildman–Crippen MR) is 125 cm³/mol. The number of hydrogen-bond donors (Lipinski definition) is 0. The number of rotatable bonds is 7. The molecular formula is C24H26FN3O3S. The standard InChI is InChI=1S/C24H26FN3O3S/c1-17-22(26-24(31-17)18-3-9-21(30-2)10-4-18)15-32-16-23(29)28-13-11-27(12-14-28)20-7-5-19(25)6-8-20/h3-10H,11-16H2,1-2H3. The number of methoxy groups -OCH3 is 1. The van der Waals surface area contributed by atoms with E-state index in [9.17, 15) is 9.18 Å². The molecule has 0 bridgehead atoms. The average Bonchev–Trinajstić information content (AvgIpc) is 3.20. The summed E-state index contributed by atoms with van der Waals surface area (Å²) in [5.41, 5.74) is 2.73. The maximum Gasteiger partial charge on any atom is 0.232 e. The lowest BCUT2D eigenvalue weighted by molar-refractivity contribution is -0.128. The summed E-state index contributed by atoms with van der Waals surface area (Å²) < 4.78 is 24.1. The highest BCUT2D eigenvalue weighted by Crippen LogP contribution is 2.26. The molecule has 1 amide bonds. The molecule has 1 saturated heterocycles. The van der Waals surface area contributed by atoms with Gasteiger partial charge in [-0.25, -0.2) is 9.37 Å². The molecule has 3 aromatic rings. The Labute approximate surface area is 191 Å². The van der Waals surface area contributed by atoms with Crippen molar-refractivity contribution in [3.05, 3.63) is 65.8 Å². The number of amides is 1. The first-order valence-electron chi connectivity index (χ1n) is 10.5. The Kier molecular flexibility index (Phi) is 6.99. The minimum atomic E-state index is -0.238. The lowest BCUT2D eigenvalue weighted by Gasteiger charge is -2.36. The van der Waals surface area contributed by atoms with E-state index in [1.807, 2.05) is 36.1 Å². The molecule has 168 valence electrons. The van der Waals surface area contributed by atoms with Crippen LogP contribution in [0.4, 0.5) is 10.1 Å². The Morgan fingerprint density at radius 1 is 1.09 bits per heavy atom. The van der Waals surface area contributed by atoms with Crippen LogP contribution < -0.4 is 9.64 Å². The summed E-state index contributed by atoms with van der Waals surface area (Å²) in [5, 5.41) is 0. The highest BCUT2D eigenvalue weighted by Gasteiger charge is 2.21. The van der Waals surface area contributed by atoms with Gasteiger partial charge in [-0.05, 0) is 55.5 Å². The molecule has 0 N–H and O–H groups in total. The predicted octanol–water partition coefficient (Wildman–Crippen LogP) is 4.38. The van der Waals surface area contributed by atoms with Crippen LogP contribution >= 0.6 is 11.8 Å². The average molecular weight is 456 g/mol. The number of nitrogens with zero attached hydrogens (tertiary/aromatic N) is 3. The maximum absolute atomic E-state index is 13.1. The van der Waals surface area contributed by atoms with Crippen LogP contribution in [0, 0.1) is 12.7 Å². The van der Waals surface area contributed by atoms with E-state index in [0.717, 1.165) is 41.5 Å². The number of oxazole rings is 1. The third-order valence-electron chi connectivity index (χ3n) is 5.52. The Balaban J connectivity index is 1.25. The normalized spacial score (nSPS) is 14.0. The third kappa shape index (κ3) is 5.24. The molecule has 6 nitrogen and oxygen atoms in total. The molecule has 1 aromatic heterocycles. The molecule has 4 rings (SSSR count). The van der Waals surface area contributed by atoms with E-state index in [1.165, 1.54) is 12.1 Å². The number of benzene rings is 2. The number of aryl methyl sites for hydroxylation is 1. The number of ether oxygens (including phenoxy) is 1. The van der Waals surface area contributed by atoms with Gasteiger partial charge in [0.05, 0.1) is 18.6 Å². The fourth-order valence-electron chi connectivity index (χ4n) is 3.61. The lowest BCUT2D eigenvalue weighted by Crippen LogP contribution is -2.49. The maximum atomic E-state index is 13.1. The summed E-state index contributed by atoms with van der Waals surface area (Å²) >= 11 is 1.55. The molecule has 0 spiro atoms. The van der Waals surface area contributed by atoms with Gasteiger partial charge in [-0.1, -0.05) is 0 Å². The van der Waals surface area contributed by atoms with Crippen LogP contribution in [-0.4, -0.2) is 54.8 Å². The summed E-state index contributed by atoms with van der Waals surface area (Å²) in [7, 11) is 1.63. The van der Waals surface area contributed by atoms with Gasteiger partial charge in [0, 0.05) is 43.2 Å². The molecule has 0 aliphatic carbocycles. The van der Waals surface area contributed by atoms with E-state index in [4.69, 9.17) is 9.15 Å². The second-order valence-electron chi connectivity index (χ2n) is 7.59. The quantitative estimate of drug-likeness (QED) is 0.527. The number of hydrogen-bond acceptors (Lipinski definition) is 6. The minimum absolute atomic E-state index is 0.130. The molecule has 0 atom stereocenters. The van der Waals surface area contributed by atoms with Crippen LogP contribution in [0.25, 0.3) is 11.5 Å². The Morgan fingerprint density at radius 3 is 2.44 bits per heavy atom. The molecule has 1 aliphatic heterocycles. The van der Waals surface area contributed by atoms with Crippen LogP contribution in [0.2, 0.25) is 0 Å². The number of aromatic nitrogens is 1. The van der Waals surface area contributed by atoms with Crippen LogP contribution in [0.1, 0.15) is 11.5 Å². The molecule has 1 fully saturated rings. The monoisotopic (exact) mass is 455 g/mol. The van der Waals surface area contributed by atoms with E-state index in [1.54, 1.807) is 31.0 Å². The van der Waals surface area contributed by atoms with Gasteiger partial charge in [-0.3, -0.25) is 4.79 Å². The fraction of sp³-hybridized carbons (Fsp3) is 0.333. The van der Waals surface area contributed by atoms with Crippen LogP contribution in [-0.2, 0) is 10.5 Å². The van der Waals surface area contributed by atoms with Crippen LogP contribution in [0.3, 0.4) is 0 Å². The fourth-order valence-corrected chi connectivity index (χ4v) is 4.53. The van der Waals surface area contributed by atoms with Gasteiger partial charge >= 0.3 is 0 Å². The Morgan fingerprint density at radius 2 is 1.78 bits per heavy atom. The molecule has 8 heteroatoms. The molecule has 1 aliphatic rings. The number of carbonyl (C=O) groups is 1. The SMILES string of the molecule is COc1ccc(-c2nc(CSCC(=O)N3CCN(c4ccc(F)cc4)CC3)c(C)o2)cc1. The molecule has 2 aromatic carbocycles. The van der Waals surface area contributed by atoms with Crippen molar-refractivity contribution in [2.45, 2.75) is 12.7 Å². The van der Waals surface area contributed by atoms with Gasteiger partial charge in [0.1, 0.15) is 17.3 Å².